The Bertz CT molecular complexity index is 1370. The van der Waals surface area contributed by atoms with Gasteiger partial charge in [-0.15, -0.1) is 0 Å². The smallest absolute Gasteiger partial charge is 0.416 e. The fraction of sp³-hybridized carbons (Fsp3) is 0.414. The van der Waals surface area contributed by atoms with E-state index in [-0.39, 0.29) is 29.8 Å². The number of allylic oxidation sites excluding steroid dienone is 3. The van der Waals surface area contributed by atoms with Crippen molar-refractivity contribution >= 4 is 5.91 Å². The summed E-state index contributed by atoms with van der Waals surface area (Å²) in [7, 11) is 0. The van der Waals surface area contributed by atoms with Gasteiger partial charge >= 0.3 is 12.4 Å². The summed E-state index contributed by atoms with van der Waals surface area (Å²) in [5.74, 6) is -0.218. The number of alkyl halides is 6. The summed E-state index contributed by atoms with van der Waals surface area (Å²) in [5, 5.41) is 7.22. The highest BCUT2D eigenvalue weighted by molar-refractivity contribution is 5.80. The van der Waals surface area contributed by atoms with Crippen LogP contribution in [0.5, 0.6) is 0 Å². The summed E-state index contributed by atoms with van der Waals surface area (Å²) in [6.07, 6.45) is -0.536. The molecule has 0 aliphatic carbocycles. The van der Waals surface area contributed by atoms with Gasteiger partial charge in [-0.3, -0.25) is 14.4 Å². The first-order valence-electron chi connectivity index (χ1n) is 13.1. The molecule has 2 aliphatic rings. The van der Waals surface area contributed by atoms with Gasteiger partial charge in [-0.2, -0.15) is 31.4 Å². The molecule has 2 bridgehead atoms. The van der Waals surface area contributed by atoms with E-state index in [1.165, 1.54) is 19.6 Å². The summed E-state index contributed by atoms with van der Waals surface area (Å²) < 4.78 is 88.7. The lowest BCUT2D eigenvalue weighted by atomic mass is 9.71. The van der Waals surface area contributed by atoms with Crippen LogP contribution in [0.1, 0.15) is 49.5 Å². The third kappa shape index (κ3) is 6.30. The topological polar surface area (TPSA) is 72.3 Å². The van der Waals surface area contributed by atoms with Crippen LogP contribution in [0.2, 0.25) is 0 Å². The van der Waals surface area contributed by atoms with Gasteiger partial charge in [-0.25, -0.2) is 4.98 Å². The van der Waals surface area contributed by atoms with E-state index in [1.807, 2.05) is 11.8 Å². The lowest BCUT2D eigenvalue weighted by Crippen LogP contribution is -2.73. The number of hydrogen-bond donors (Lipinski definition) is 1. The van der Waals surface area contributed by atoms with E-state index in [0.717, 1.165) is 0 Å². The van der Waals surface area contributed by atoms with Crippen LogP contribution in [-0.2, 0) is 28.4 Å². The van der Waals surface area contributed by atoms with E-state index in [9.17, 15) is 31.1 Å². The molecule has 1 amide bonds. The number of fused-ring (bicyclic) bond motifs is 2. The molecule has 2 saturated heterocycles. The first kappa shape index (κ1) is 31.1. The molecule has 226 valence electrons. The van der Waals surface area contributed by atoms with Crippen molar-refractivity contribution in [1.29, 1.82) is 0 Å². The van der Waals surface area contributed by atoms with Gasteiger partial charge in [0.05, 0.1) is 29.8 Å². The fourth-order valence-corrected chi connectivity index (χ4v) is 5.62. The van der Waals surface area contributed by atoms with Crippen molar-refractivity contribution in [1.82, 2.24) is 25.0 Å². The summed E-state index contributed by atoms with van der Waals surface area (Å²) in [5.41, 5.74) is -4.59. The van der Waals surface area contributed by atoms with Gasteiger partial charge in [0.25, 0.3) is 0 Å². The average molecular weight is 596 g/mol. The van der Waals surface area contributed by atoms with Crippen LogP contribution in [0.3, 0.4) is 0 Å². The first-order chi connectivity index (χ1) is 19.6. The van der Waals surface area contributed by atoms with Gasteiger partial charge in [0.15, 0.2) is 0 Å². The predicted molar refractivity (Wildman–Crippen MR) is 143 cm³/mol. The zero-order valence-corrected chi connectivity index (χ0v) is 23.1. The van der Waals surface area contributed by atoms with Crippen LogP contribution in [-0.4, -0.2) is 49.7 Å². The van der Waals surface area contributed by atoms with Gasteiger partial charge in [-0.1, -0.05) is 37.5 Å². The van der Waals surface area contributed by atoms with Crippen molar-refractivity contribution in [2.75, 3.05) is 13.1 Å². The van der Waals surface area contributed by atoms with Crippen LogP contribution in [0.4, 0.5) is 26.3 Å². The first-order valence-corrected chi connectivity index (χ1v) is 13.1. The summed E-state index contributed by atoms with van der Waals surface area (Å²) >= 11 is 0. The molecule has 4 atom stereocenters. The Hall–Kier alpha value is -3.87. The van der Waals surface area contributed by atoms with Crippen LogP contribution < -0.4 is 5.32 Å². The Morgan fingerprint density at radius 2 is 1.79 bits per heavy atom. The molecule has 1 aromatic heterocycles. The molecule has 13 heteroatoms. The Morgan fingerprint density at radius 1 is 1.12 bits per heavy atom. The Labute approximate surface area is 239 Å². The second-order valence-corrected chi connectivity index (χ2v) is 10.6. The second-order valence-electron chi connectivity index (χ2n) is 10.6. The number of piperidine rings is 1. The number of amides is 1. The Morgan fingerprint density at radius 3 is 2.36 bits per heavy atom. The molecule has 0 spiro atoms. The van der Waals surface area contributed by atoms with Crippen molar-refractivity contribution in [3.8, 4) is 0 Å². The molecule has 7 nitrogen and oxygen atoms in total. The highest BCUT2D eigenvalue weighted by atomic mass is 19.4. The quantitative estimate of drug-likeness (QED) is 0.219. The molecule has 0 saturated carbocycles. The van der Waals surface area contributed by atoms with Gasteiger partial charge in [0.1, 0.15) is 30.1 Å². The molecular weight excluding hydrogens is 564 g/mol. The molecule has 2 aliphatic heterocycles. The van der Waals surface area contributed by atoms with Gasteiger partial charge in [0, 0.05) is 6.54 Å². The standard InChI is InChI=1S/C29H31F6N5O2/c1-5-6-7-8-19(2)27(10-9-26(16-40-18-36-17-37-40)15-39(27)14-25(41)38-26)21(4)42-20(3)22-11-23(28(30,31)32)13-24(12-22)29(33,34)35/h5-8,11-13,17-18,20H,2,4,9-10,14-16H2,1,3H3,(H,38,41)/b6-5-,8-7-/t20-,26-,27+/m1/s1. The number of halogens is 6. The number of benzene rings is 1. The predicted octanol–water partition coefficient (Wildman–Crippen LogP) is 6.00. The number of nitrogens with zero attached hydrogens (tertiary/aromatic N) is 4. The Kier molecular flexibility index (Phi) is 8.45. The minimum absolute atomic E-state index is 0.0557. The number of hydrogen-bond acceptors (Lipinski definition) is 5. The largest absolute Gasteiger partial charge is 0.489 e. The molecule has 1 aromatic carbocycles. The molecule has 3 heterocycles. The summed E-state index contributed by atoms with van der Waals surface area (Å²) in [6.45, 7) is 12.1. The SMILES string of the molecule is C=C(/C=C\C=C/C)[C@]1(C(=C)O[C@H](C)c2cc(C(F)(F)F)cc(C(F)(F)F)c2)CC[C@]2(Cn3cncn3)CN1CC(=O)N2. The molecule has 1 N–H and O–H groups in total. The monoisotopic (exact) mass is 595 g/mol. The number of carbonyl (C=O) groups is 1. The zero-order valence-electron chi connectivity index (χ0n) is 23.1. The van der Waals surface area contributed by atoms with Gasteiger partial charge < -0.3 is 10.1 Å². The number of rotatable bonds is 9. The average Bonchev–Trinajstić information content (AvgIpc) is 3.40. The molecular formula is C29H31F6N5O2. The van der Waals surface area contributed by atoms with Crippen molar-refractivity contribution in [3.63, 3.8) is 0 Å². The Balaban J connectivity index is 1.71. The van der Waals surface area contributed by atoms with Crippen molar-refractivity contribution in [2.45, 2.75) is 62.8 Å². The normalized spacial score (nSPS) is 25.4. The van der Waals surface area contributed by atoms with E-state index in [2.05, 4.69) is 28.6 Å². The van der Waals surface area contributed by atoms with Crippen LogP contribution in [0.25, 0.3) is 0 Å². The van der Waals surface area contributed by atoms with Crippen molar-refractivity contribution in [2.24, 2.45) is 0 Å². The second kappa shape index (κ2) is 11.4. The third-order valence-corrected chi connectivity index (χ3v) is 7.66. The van der Waals surface area contributed by atoms with E-state index in [0.29, 0.717) is 43.6 Å². The number of nitrogens with one attached hydrogen (secondary N) is 1. The molecule has 2 aromatic rings. The molecule has 0 radical (unpaired) electrons. The maximum absolute atomic E-state index is 13.5. The zero-order chi connectivity index (χ0) is 30.9. The van der Waals surface area contributed by atoms with E-state index >= 15 is 0 Å². The fourth-order valence-electron chi connectivity index (χ4n) is 5.62. The highest BCUT2D eigenvalue weighted by Gasteiger charge is 2.55. The summed E-state index contributed by atoms with van der Waals surface area (Å²) in [6, 6.07) is 1.35. The molecule has 1 unspecified atom stereocenters. The van der Waals surface area contributed by atoms with Gasteiger partial charge in [-0.05, 0) is 56.0 Å². The number of carbonyl (C=O) groups excluding carboxylic acids is 1. The minimum atomic E-state index is -5.00. The van der Waals surface area contributed by atoms with Crippen LogP contribution >= 0.6 is 0 Å². The van der Waals surface area contributed by atoms with Crippen molar-refractivity contribution in [3.05, 3.63) is 96.3 Å². The number of aromatic nitrogens is 3. The maximum Gasteiger partial charge on any atom is 0.416 e. The highest BCUT2D eigenvalue weighted by Crippen LogP contribution is 2.47. The van der Waals surface area contributed by atoms with E-state index < -0.39 is 40.7 Å². The minimum Gasteiger partial charge on any atom is -0.489 e. The lowest BCUT2D eigenvalue weighted by molar-refractivity contribution is -0.143. The third-order valence-electron chi connectivity index (χ3n) is 7.66. The number of ether oxygens (including phenoxy) is 1. The summed E-state index contributed by atoms with van der Waals surface area (Å²) in [4.78, 5) is 18.8. The van der Waals surface area contributed by atoms with Crippen LogP contribution in [0, 0.1) is 0 Å². The molecule has 42 heavy (non-hydrogen) atoms. The lowest BCUT2D eigenvalue weighted by Gasteiger charge is -2.57. The van der Waals surface area contributed by atoms with Crippen molar-refractivity contribution < 1.29 is 35.9 Å². The number of piperazine rings is 1. The van der Waals surface area contributed by atoms with E-state index in [1.54, 1.807) is 29.0 Å². The molecule has 4 rings (SSSR count). The maximum atomic E-state index is 13.5. The van der Waals surface area contributed by atoms with E-state index in [4.69, 9.17) is 4.74 Å². The van der Waals surface area contributed by atoms with Crippen LogP contribution in [0.15, 0.2) is 79.6 Å². The molecule has 2 fully saturated rings. The van der Waals surface area contributed by atoms with Gasteiger partial charge in [0.2, 0.25) is 5.91 Å².